The monoisotopic (exact) mass is 322 g/mol. The summed E-state index contributed by atoms with van der Waals surface area (Å²) in [5.41, 5.74) is 2.65. The summed E-state index contributed by atoms with van der Waals surface area (Å²) < 4.78 is 14.9. The lowest BCUT2D eigenvalue weighted by Gasteiger charge is -2.21. The molecule has 4 heteroatoms. The van der Waals surface area contributed by atoms with E-state index in [1.54, 1.807) is 18.5 Å². The standard InChI is InChI=1S/C15H16BrFN2/c1-3-19-15(11-7-10(2)8-18-9-11)14-12(16)5-4-6-13(14)17/h4-9,15,19H,3H2,1-2H3. The van der Waals surface area contributed by atoms with Crippen LogP contribution in [0, 0.1) is 12.7 Å². The van der Waals surface area contributed by atoms with Gasteiger partial charge in [0.1, 0.15) is 5.82 Å². The summed E-state index contributed by atoms with van der Waals surface area (Å²) in [6.45, 7) is 4.74. The lowest BCUT2D eigenvalue weighted by molar-refractivity contribution is 0.555. The van der Waals surface area contributed by atoms with Crippen LogP contribution in [0.15, 0.2) is 41.1 Å². The summed E-state index contributed by atoms with van der Waals surface area (Å²) in [6, 6.07) is 6.85. The van der Waals surface area contributed by atoms with Crippen LogP contribution in [0.25, 0.3) is 0 Å². The predicted molar refractivity (Wildman–Crippen MR) is 78.6 cm³/mol. The highest BCUT2D eigenvalue weighted by Crippen LogP contribution is 2.30. The highest BCUT2D eigenvalue weighted by Gasteiger charge is 2.20. The van der Waals surface area contributed by atoms with Gasteiger partial charge in [-0.2, -0.15) is 0 Å². The van der Waals surface area contributed by atoms with E-state index in [1.165, 1.54) is 6.07 Å². The molecular weight excluding hydrogens is 307 g/mol. The number of halogens is 2. The molecule has 100 valence electrons. The SMILES string of the molecule is CCNC(c1cncc(C)c1)c1c(F)cccc1Br. The molecule has 2 rings (SSSR count). The van der Waals surface area contributed by atoms with E-state index in [0.29, 0.717) is 5.56 Å². The van der Waals surface area contributed by atoms with Crippen molar-refractivity contribution in [2.24, 2.45) is 0 Å². The van der Waals surface area contributed by atoms with Crippen molar-refractivity contribution in [2.45, 2.75) is 19.9 Å². The Morgan fingerprint density at radius 3 is 2.79 bits per heavy atom. The molecule has 1 atom stereocenters. The van der Waals surface area contributed by atoms with Gasteiger partial charge in [-0.15, -0.1) is 0 Å². The van der Waals surface area contributed by atoms with Gasteiger partial charge < -0.3 is 5.32 Å². The second-order valence-corrected chi connectivity index (χ2v) is 5.28. The molecule has 2 aromatic rings. The summed E-state index contributed by atoms with van der Waals surface area (Å²) >= 11 is 3.43. The molecule has 1 aromatic heterocycles. The second kappa shape index (κ2) is 6.26. The van der Waals surface area contributed by atoms with Crippen LogP contribution in [0.5, 0.6) is 0 Å². The van der Waals surface area contributed by atoms with Crippen molar-refractivity contribution in [3.05, 3.63) is 63.6 Å². The third-order valence-corrected chi connectivity index (χ3v) is 3.62. The average molecular weight is 323 g/mol. The molecule has 0 saturated heterocycles. The lowest BCUT2D eigenvalue weighted by Crippen LogP contribution is -2.23. The minimum absolute atomic E-state index is 0.201. The summed E-state index contributed by atoms with van der Waals surface area (Å²) in [7, 11) is 0. The van der Waals surface area contributed by atoms with Gasteiger partial charge in [0.25, 0.3) is 0 Å². The van der Waals surface area contributed by atoms with E-state index >= 15 is 0 Å². The molecule has 0 bridgehead atoms. The molecule has 0 amide bonds. The molecule has 0 spiro atoms. The predicted octanol–water partition coefficient (Wildman–Crippen LogP) is 3.99. The Morgan fingerprint density at radius 1 is 1.37 bits per heavy atom. The van der Waals surface area contributed by atoms with Crippen molar-refractivity contribution in [3.63, 3.8) is 0 Å². The summed E-state index contributed by atoms with van der Waals surface area (Å²) in [6.07, 6.45) is 3.57. The number of rotatable bonds is 4. The van der Waals surface area contributed by atoms with Gasteiger partial charge in [-0.1, -0.05) is 35.0 Å². The van der Waals surface area contributed by atoms with Crippen LogP contribution < -0.4 is 5.32 Å². The van der Waals surface area contributed by atoms with Crippen molar-refractivity contribution in [3.8, 4) is 0 Å². The van der Waals surface area contributed by atoms with Gasteiger partial charge in [0.15, 0.2) is 0 Å². The molecule has 2 nitrogen and oxygen atoms in total. The maximum atomic E-state index is 14.1. The first-order chi connectivity index (χ1) is 9.13. The Labute approximate surface area is 121 Å². The number of hydrogen-bond donors (Lipinski definition) is 1. The van der Waals surface area contributed by atoms with Gasteiger partial charge >= 0.3 is 0 Å². The van der Waals surface area contributed by atoms with Gasteiger partial charge in [-0.05, 0) is 36.7 Å². The van der Waals surface area contributed by atoms with E-state index in [9.17, 15) is 4.39 Å². The van der Waals surface area contributed by atoms with Crippen molar-refractivity contribution < 1.29 is 4.39 Å². The third kappa shape index (κ3) is 3.19. The van der Waals surface area contributed by atoms with Gasteiger partial charge in [0, 0.05) is 22.4 Å². The Morgan fingerprint density at radius 2 is 2.16 bits per heavy atom. The number of aryl methyl sites for hydroxylation is 1. The van der Waals surface area contributed by atoms with Gasteiger partial charge in [-0.3, -0.25) is 4.98 Å². The number of hydrogen-bond acceptors (Lipinski definition) is 2. The molecule has 1 aromatic carbocycles. The highest BCUT2D eigenvalue weighted by atomic mass is 79.9. The number of nitrogens with one attached hydrogen (secondary N) is 1. The Balaban J connectivity index is 2.51. The fraction of sp³-hybridized carbons (Fsp3) is 0.267. The molecular formula is C15H16BrFN2. The van der Waals surface area contributed by atoms with Crippen LogP contribution in [0.3, 0.4) is 0 Å². The molecule has 0 aliphatic carbocycles. The van der Waals surface area contributed by atoms with Crippen molar-refractivity contribution >= 4 is 15.9 Å². The first kappa shape index (κ1) is 14.2. The van der Waals surface area contributed by atoms with E-state index in [4.69, 9.17) is 0 Å². The fourth-order valence-corrected chi connectivity index (χ4v) is 2.68. The Bertz CT molecular complexity index is 552. The van der Waals surface area contributed by atoms with Crippen molar-refractivity contribution in [1.29, 1.82) is 0 Å². The first-order valence-electron chi connectivity index (χ1n) is 6.22. The van der Waals surface area contributed by atoms with Crippen LogP contribution >= 0.6 is 15.9 Å². The molecule has 19 heavy (non-hydrogen) atoms. The molecule has 0 radical (unpaired) electrons. The van der Waals surface area contributed by atoms with E-state index in [1.807, 2.05) is 26.0 Å². The molecule has 1 N–H and O–H groups in total. The molecule has 1 heterocycles. The molecule has 0 fully saturated rings. The zero-order valence-electron chi connectivity index (χ0n) is 11.0. The second-order valence-electron chi connectivity index (χ2n) is 4.42. The van der Waals surface area contributed by atoms with Crippen molar-refractivity contribution in [1.82, 2.24) is 10.3 Å². The minimum atomic E-state index is -0.221. The maximum absolute atomic E-state index is 14.1. The Hall–Kier alpha value is -1.26. The fourth-order valence-electron chi connectivity index (χ4n) is 2.11. The highest BCUT2D eigenvalue weighted by molar-refractivity contribution is 9.10. The Kier molecular flexibility index (Phi) is 4.66. The van der Waals surface area contributed by atoms with Gasteiger partial charge in [-0.25, -0.2) is 4.39 Å². The van der Waals surface area contributed by atoms with Crippen LogP contribution in [-0.2, 0) is 0 Å². The van der Waals surface area contributed by atoms with E-state index in [2.05, 4.69) is 26.2 Å². The summed E-state index contributed by atoms with van der Waals surface area (Å²) in [4.78, 5) is 4.19. The largest absolute Gasteiger partial charge is 0.306 e. The number of aromatic nitrogens is 1. The minimum Gasteiger partial charge on any atom is -0.306 e. The number of nitrogens with zero attached hydrogens (tertiary/aromatic N) is 1. The topological polar surface area (TPSA) is 24.9 Å². The summed E-state index contributed by atoms with van der Waals surface area (Å²) in [5, 5.41) is 3.31. The van der Waals surface area contributed by atoms with E-state index in [-0.39, 0.29) is 11.9 Å². The lowest BCUT2D eigenvalue weighted by atomic mass is 9.98. The smallest absolute Gasteiger partial charge is 0.129 e. The zero-order chi connectivity index (χ0) is 13.8. The van der Waals surface area contributed by atoms with Crippen LogP contribution in [0.2, 0.25) is 0 Å². The summed E-state index contributed by atoms with van der Waals surface area (Å²) in [5.74, 6) is -0.221. The average Bonchev–Trinajstić information content (AvgIpc) is 2.37. The van der Waals surface area contributed by atoms with E-state index in [0.717, 1.165) is 22.1 Å². The number of benzene rings is 1. The third-order valence-electron chi connectivity index (χ3n) is 2.93. The number of pyridine rings is 1. The zero-order valence-corrected chi connectivity index (χ0v) is 12.5. The van der Waals surface area contributed by atoms with Gasteiger partial charge in [0.2, 0.25) is 0 Å². The van der Waals surface area contributed by atoms with E-state index < -0.39 is 0 Å². The first-order valence-corrected chi connectivity index (χ1v) is 7.01. The normalized spacial score (nSPS) is 12.4. The van der Waals surface area contributed by atoms with Crippen LogP contribution in [0.4, 0.5) is 4.39 Å². The molecule has 1 unspecified atom stereocenters. The molecule has 0 aliphatic heterocycles. The molecule has 0 saturated carbocycles. The van der Waals surface area contributed by atoms with Crippen molar-refractivity contribution in [2.75, 3.05) is 6.54 Å². The maximum Gasteiger partial charge on any atom is 0.129 e. The quantitative estimate of drug-likeness (QED) is 0.920. The van der Waals surface area contributed by atoms with Crippen LogP contribution in [-0.4, -0.2) is 11.5 Å². The van der Waals surface area contributed by atoms with Crippen LogP contribution in [0.1, 0.15) is 29.7 Å². The van der Waals surface area contributed by atoms with Gasteiger partial charge in [0.05, 0.1) is 6.04 Å². The molecule has 0 aliphatic rings.